The number of nitrogens with one attached hydrogen (secondary N) is 1. The van der Waals surface area contributed by atoms with Gasteiger partial charge in [-0.1, -0.05) is 32.0 Å². The maximum Gasteiger partial charge on any atom is 0.142 e. The van der Waals surface area contributed by atoms with Crippen molar-refractivity contribution in [3.8, 4) is 5.75 Å². The lowest BCUT2D eigenvalue weighted by Crippen LogP contribution is -2.07. The average molecular weight is 413 g/mol. The molecule has 0 aliphatic carbocycles. The maximum atomic E-state index is 5.85. The summed E-state index contributed by atoms with van der Waals surface area (Å²) in [6.45, 7) is 5.78. The van der Waals surface area contributed by atoms with Crippen LogP contribution in [0.15, 0.2) is 51.4 Å². The highest BCUT2D eigenvalue weighted by molar-refractivity contribution is 9.13. The lowest BCUT2D eigenvalue weighted by Gasteiger charge is -2.14. The Morgan fingerprint density at radius 3 is 2.52 bits per heavy atom. The predicted molar refractivity (Wildman–Crippen MR) is 95.9 cm³/mol. The fourth-order valence-corrected chi connectivity index (χ4v) is 2.51. The second-order valence-corrected chi connectivity index (χ2v) is 7.01. The van der Waals surface area contributed by atoms with Crippen molar-refractivity contribution in [2.75, 3.05) is 11.9 Å². The predicted octanol–water partition coefficient (Wildman–Crippen LogP) is 5.86. The van der Waals surface area contributed by atoms with E-state index < -0.39 is 0 Å². The van der Waals surface area contributed by atoms with Crippen molar-refractivity contribution in [2.45, 2.75) is 20.4 Å². The summed E-state index contributed by atoms with van der Waals surface area (Å²) in [5.74, 6) is 1.42. The lowest BCUT2D eigenvalue weighted by atomic mass is 10.2. The second kappa shape index (κ2) is 7.85. The molecule has 1 N–H and O–H groups in total. The van der Waals surface area contributed by atoms with E-state index in [2.05, 4.69) is 63.2 Å². The van der Waals surface area contributed by atoms with Crippen LogP contribution in [0.1, 0.15) is 19.4 Å². The quantitative estimate of drug-likeness (QED) is 0.641. The molecule has 0 aromatic heterocycles. The van der Waals surface area contributed by atoms with Gasteiger partial charge in [-0.2, -0.15) is 0 Å². The summed E-state index contributed by atoms with van der Waals surface area (Å²) in [7, 11) is 0. The highest BCUT2D eigenvalue weighted by Gasteiger charge is 2.05. The van der Waals surface area contributed by atoms with Crippen molar-refractivity contribution in [2.24, 2.45) is 5.92 Å². The summed E-state index contributed by atoms with van der Waals surface area (Å²) < 4.78 is 7.97. The SMILES string of the molecule is CC(C)COc1ccccc1NCc1ccc(Br)c(Br)c1. The molecule has 2 aromatic carbocycles. The van der Waals surface area contributed by atoms with Gasteiger partial charge in [-0.15, -0.1) is 0 Å². The number of anilines is 1. The number of benzene rings is 2. The third-order valence-electron chi connectivity index (χ3n) is 2.93. The van der Waals surface area contributed by atoms with Crippen LogP contribution >= 0.6 is 31.9 Å². The third kappa shape index (κ3) is 5.04. The summed E-state index contributed by atoms with van der Waals surface area (Å²) >= 11 is 7.01. The van der Waals surface area contributed by atoms with Gasteiger partial charge in [0, 0.05) is 15.5 Å². The normalized spacial score (nSPS) is 10.7. The first-order valence-electron chi connectivity index (χ1n) is 6.96. The molecule has 112 valence electrons. The van der Waals surface area contributed by atoms with Crippen molar-refractivity contribution in [3.05, 3.63) is 57.0 Å². The monoisotopic (exact) mass is 411 g/mol. The topological polar surface area (TPSA) is 21.3 Å². The molecule has 0 bridgehead atoms. The van der Waals surface area contributed by atoms with Crippen LogP contribution < -0.4 is 10.1 Å². The van der Waals surface area contributed by atoms with Gasteiger partial charge in [0.25, 0.3) is 0 Å². The Morgan fingerprint density at radius 1 is 1.05 bits per heavy atom. The molecule has 0 amide bonds. The molecule has 2 aromatic rings. The van der Waals surface area contributed by atoms with E-state index in [9.17, 15) is 0 Å². The molecule has 2 nitrogen and oxygen atoms in total. The van der Waals surface area contributed by atoms with Gasteiger partial charge < -0.3 is 10.1 Å². The number of rotatable bonds is 6. The first-order chi connectivity index (χ1) is 10.1. The molecule has 0 spiro atoms. The highest BCUT2D eigenvalue weighted by atomic mass is 79.9. The zero-order valence-electron chi connectivity index (χ0n) is 12.2. The van der Waals surface area contributed by atoms with Crippen molar-refractivity contribution in [1.82, 2.24) is 0 Å². The molecular formula is C17H19Br2NO. The molecule has 0 aliphatic heterocycles. The molecule has 0 aliphatic rings. The molecule has 0 heterocycles. The zero-order valence-corrected chi connectivity index (χ0v) is 15.4. The van der Waals surface area contributed by atoms with Gasteiger partial charge in [0.1, 0.15) is 5.75 Å². The molecule has 21 heavy (non-hydrogen) atoms. The smallest absolute Gasteiger partial charge is 0.142 e. The zero-order chi connectivity index (χ0) is 15.2. The summed E-state index contributed by atoms with van der Waals surface area (Å²) in [5, 5.41) is 3.44. The Kier molecular flexibility index (Phi) is 6.12. The van der Waals surface area contributed by atoms with E-state index in [0.29, 0.717) is 5.92 Å². The number of ether oxygens (including phenoxy) is 1. The van der Waals surface area contributed by atoms with Crippen LogP contribution in [0.3, 0.4) is 0 Å². The van der Waals surface area contributed by atoms with Gasteiger partial charge in [0.2, 0.25) is 0 Å². The fraction of sp³-hybridized carbons (Fsp3) is 0.294. The second-order valence-electron chi connectivity index (χ2n) is 5.30. The number of hydrogen-bond donors (Lipinski definition) is 1. The first-order valence-corrected chi connectivity index (χ1v) is 8.54. The van der Waals surface area contributed by atoms with E-state index in [1.165, 1.54) is 5.56 Å². The molecule has 0 fully saturated rings. The minimum atomic E-state index is 0.514. The summed E-state index contributed by atoms with van der Waals surface area (Å²) in [5.41, 5.74) is 2.24. The van der Waals surface area contributed by atoms with Crippen LogP contribution in [-0.2, 0) is 6.54 Å². The van der Waals surface area contributed by atoms with Crippen molar-refractivity contribution < 1.29 is 4.74 Å². The van der Waals surface area contributed by atoms with Gasteiger partial charge in [0.05, 0.1) is 12.3 Å². The van der Waals surface area contributed by atoms with Crippen LogP contribution in [0.2, 0.25) is 0 Å². The molecule has 0 unspecified atom stereocenters. The minimum Gasteiger partial charge on any atom is -0.491 e. The van der Waals surface area contributed by atoms with E-state index in [1.807, 2.05) is 30.3 Å². The lowest BCUT2D eigenvalue weighted by molar-refractivity contribution is 0.272. The Morgan fingerprint density at radius 2 is 1.81 bits per heavy atom. The van der Waals surface area contributed by atoms with Crippen molar-refractivity contribution in [1.29, 1.82) is 0 Å². The van der Waals surface area contributed by atoms with E-state index in [0.717, 1.165) is 33.5 Å². The summed E-state index contributed by atoms with van der Waals surface area (Å²) in [4.78, 5) is 0. The van der Waals surface area contributed by atoms with Gasteiger partial charge in [-0.3, -0.25) is 0 Å². The van der Waals surface area contributed by atoms with Gasteiger partial charge in [-0.25, -0.2) is 0 Å². The standard InChI is InChI=1S/C17H19Br2NO/c1-12(2)11-21-17-6-4-3-5-16(17)20-10-13-7-8-14(18)15(19)9-13/h3-9,12,20H,10-11H2,1-2H3. The molecule has 2 rings (SSSR count). The minimum absolute atomic E-state index is 0.514. The van der Waals surface area contributed by atoms with E-state index in [-0.39, 0.29) is 0 Å². The maximum absolute atomic E-state index is 5.85. The number of hydrogen-bond acceptors (Lipinski definition) is 2. The Labute approximate surface area is 143 Å². The summed E-state index contributed by atoms with van der Waals surface area (Å²) in [6.07, 6.45) is 0. The Hall–Kier alpha value is -1.000. The first kappa shape index (κ1) is 16.4. The fourth-order valence-electron chi connectivity index (χ4n) is 1.84. The third-order valence-corrected chi connectivity index (χ3v) is 4.81. The van der Waals surface area contributed by atoms with Gasteiger partial charge in [-0.05, 0) is 67.6 Å². The molecular weight excluding hydrogens is 394 g/mol. The van der Waals surface area contributed by atoms with E-state index in [4.69, 9.17) is 4.74 Å². The number of halogens is 2. The molecule has 0 saturated heterocycles. The van der Waals surface area contributed by atoms with Crippen LogP contribution in [0.25, 0.3) is 0 Å². The molecule has 0 atom stereocenters. The van der Waals surface area contributed by atoms with Gasteiger partial charge >= 0.3 is 0 Å². The van der Waals surface area contributed by atoms with E-state index >= 15 is 0 Å². The van der Waals surface area contributed by atoms with E-state index in [1.54, 1.807) is 0 Å². The number of para-hydroxylation sites is 2. The van der Waals surface area contributed by atoms with Crippen LogP contribution in [0.5, 0.6) is 5.75 Å². The molecule has 4 heteroatoms. The van der Waals surface area contributed by atoms with Crippen LogP contribution in [0.4, 0.5) is 5.69 Å². The Balaban J connectivity index is 2.03. The van der Waals surface area contributed by atoms with Gasteiger partial charge in [0.15, 0.2) is 0 Å². The average Bonchev–Trinajstić information content (AvgIpc) is 2.47. The van der Waals surface area contributed by atoms with Crippen molar-refractivity contribution >= 4 is 37.5 Å². The van der Waals surface area contributed by atoms with Crippen LogP contribution in [-0.4, -0.2) is 6.61 Å². The summed E-state index contributed by atoms with van der Waals surface area (Å²) in [6, 6.07) is 14.3. The molecule has 0 saturated carbocycles. The highest BCUT2D eigenvalue weighted by Crippen LogP contribution is 2.27. The molecule has 0 radical (unpaired) electrons. The Bertz CT molecular complexity index is 599. The van der Waals surface area contributed by atoms with Crippen molar-refractivity contribution in [3.63, 3.8) is 0 Å². The largest absolute Gasteiger partial charge is 0.491 e. The van der Waals surface area contributed by atoms with Crippen LogP contribution in [0, 0.1) is 5.92 Å².